The Morgan fingerprint density at radius 3 is 1.97 bits per heavy atom. The number of carbonyl (C=O) groups is 2. The lowest BCUT2D eigenvalue weighted by molar-refractivity contribution is 0.148. The smallest absolute Gasteiger partial charge is 0.410 e. The van der Waals surface area contributed by atoms with Crippen LogP contribution in [0.4, 0.5) is 9.59 Å². The fraction of sp³-hybridized carbons (Fsp3) is 0. The van der Waals surface area contributed by atoms with Crippen molar-refractivity contribution in [2.75, 3.05) is 0 Å². The average Bonchev–Trinajstić information content (AvgIpc) is 3.46. The van der Waals surface area contributed by atoms with Gasteiger partial charge in [0.1, 0.15) is 11.5 Å². The molecule has 0 aliphatic heterocycles. The predicted molar refractivity (Wildman–Crippen MR) is 126 cm³/mol. The summed E-state index contributed by atoms with van der Waals surface area (Å²) < 4.78 is 17.8. The molecular weight excluding hydrogens is 438 g/mol. The number of carbonyl (C=O) groups excluding carboxylic acids is 2. The first-order chi connectivity index (χ1) is 16.2. The summed E-state index contributed by atoms with van der Waals surface area (Å²) >= 11 is 1.47. The number of nitrogens with zero attached hydrogens (tertiary/aromatic N) is 1. The molecule has 0 saturated carbocycles. The maximum atomic E-state index is 13.3. The largest absolute Gasteiger partial charge is 0.520 e. The first kappa shape index (κ1) is 20.5. The topological polar surface area (TPSA) is 66.8 Å². The summed E-state index contributed by atoms with van der Waals surface area (Å²) in [6.07, 6.45) is -1.67. The predicted octanol–water partition coefficient (Wildman–Crippen LogP) is 6.99. The lowest BCUT2D eigenvalue weighted by Gasteiger charge is -2.11. The van der Waals surface area contributed by atoms with Gasteiger partial charge in [-0.3, -0.25) is 0 Å². The molecule has 0 atom stereocenters. The number of rotatable bonds is 4. The van der Waals surface area contributed by atoms with Gasteiger partial charge in [-0.2, -0.15) is 0 Å². The van der Waals surface area contributed by atoms with E-state index in [0.717, 1.165) is 10.3 Å². The van der Waals surface area contributed by atoms with Gasteiger partial charge < -0.3 is 14.2 Å². The summed E-state index contributed by atoms with van der Waals surface area (Å²) in [6.45, 7) is 0. The minimum atomic E-state index is -0.962. The third-order valence-electron chi connectivity index (χ3n) is 4.85. The molecule has 2 heterocycles. The summed E-state index contributed by atoms with van der Waals surface area (Å²) in [4.78, 5) is 26.8. The Kier molecular flexibility index (Phi) is 5.61. The van der Waals surface area contributed by atoms with Crippen molar-refractivity contribution in [1.82, 2.24) is 4.57 Å². The Morgan fingerprint density at radius 2 is 1.30 bits per heavy atom. The number of aromatic nitrogens is 1. The average molecular weight is 455 g/mol. The van der Waals surface area contributed by atoms with E-state index in [1.807, 2.05) is 41.8 Å². The Morgan fingerprint density at radius 1 is 0.667 bits per heavy atom. The third-order valence-corrected chi connectivity index (χ3v) is 5.74. The number of fused-ring (bicyclic) bond motifs is 1. The van der Waals surface area contributed by atoms with Crippen LogP contribution in [0.1, 0.15) is 0 Å². The molecule has 0 saturated heterocycles. The van der Waals surface area contributed by atoms with E-state index in [4.69, 9.17) is 14.2 Å². The van der Waals surface area contributed by atoms with E-state index in [9.17, 15) is 9.59 Å². The molecule has 0 amide bonds. The molecule has 0 N–H and O–H groups in total. The molecule has 0 aliphatic carbocycles. The number of para-hydroxylation sites is 3. The second kappa shape index (κ2) is 9.02. The van der Waals surface area contributed by atoms with Crippen LogP contribution in [0.5, 0.6) is 17.4 Å². The van der Waals surface area contributed by atoms with Crippen molar-refractivity contribution in [3.8, 4) is 27.8 Å². The first-order valence-corrected chi connectivity index (χ1v) is 11.0. The zero-order valence-electron chi connectivity index (χ0n) is 17.2. The van der Waals surface area contributed by atoms with Crippen molar-refractivity contribution in [3.05, 3.63) is 102 Å². The highest BCUT2D eigenvalue weighted by atomic mass is 32.1. The van der Waals surface area contributed by atoms with Crippen LogP contribution in [0.25, 0.3) is 21.3 Å². The molecule has 7 heteroatoms. The molecule has 6 nitrogen and oxygen atoms in total. The van der Waals surface area contributed by atoms with E-state index < -0.39 is 12.2 Å². The van der Waals surface area contributed by atoms with Gasteiger partial charge in [-0.1, -0.05) is 60.7 Å². The van der Waals surface area contributed by atoms with Crippen molar-refractivity contribution in [1.29, 1.82) is 0 Å². The van der Waals surface area contributed by atoms with Crippen LogP contribution >= 0.6 is 11.3 Å². The highest BCUT2D eigenvalue weighted by molar-refractivity contribution is 7.13. The van der Waals surface area contributed by atoms with Gasteiger partial charge in [0.2, 0.25) is 5.88 Å². The second-order valence-corrected chi connectivity index (χ2v) is 7.91. The second-order valence-electron chi connectivity index (χ2n) is 6.96. The van der Waals surface area contributed by atoms with Gasteiger partial charge in [0.25, 0.3) is 0 Å². The van der Waals surface area contributed by atoms with E-state index in [1.165, 1.54) is 15.9 Å². The molecule has 162 valence electrons. The van der Waals surface area contributed by atoms with Crippen molar-refractivity contribution >= 4 is 34.5 Å². The Balaban J connectivity index is 1.61. The summed E-state index contributed by atoms with van der Waals surface area (Å²) in [5.41, 5.74) is 1.15. The molecule has 3 aromatic carbocycles. The highest BCUT2D eigenvalue weighted by Crippen LogP contribution is 2.42. The van der Waals surface area contributed by atoms with Crippen LogP contribution in [-0.2, 0) is 0 Å². The minimum absolute atomic E-state index is 0.0283. The number of hydrogen-bond donors (Lipinski definition) is 0. The van der Waals surface area contributed by atoms with Crippen molar-refractivity contribution in [2.24, 2.45) is 0 Å². The molecule has 0 unspecified atom stereocenters. The molecular formula is C26H17NO5S. The van der Waals surface area contributed by atoms with E-state index in [0.29, 0.717) is 22.6 Å². The number of ether oxygens (including phenoxy) is 3. The quantitative estimate of drug-likeness (QED) is 0.216. The fourth-order valence-corrected chi connectivity index (χ4v) is 4.25. The van der Waals surface area contributed by atoms with Crippen LogP contribution in [0, 0.1) is 0 Å². The molecule has 5 rings (SSSR count). The molecule has 2 aromatic heterocycles. The van der Waals surface area contributed by atoms with Crippen LogP contribution in [0.15, 0.2) is 102 Å². The number of hydrogen-bond acceptors (Lipinski definition) is 6. The normalized spacial score (nSPS) is 10.7. The zero-order valence-corrected chi connectivity index (χ0v) is 18.0. The van der Waals surface area contributed by atoms with E-state index >= 15 is 0 Å². The van der Waals surface area contributed by atoms with Crippen molar-refractivity contribution in [3.63, 3.8) is 0 Å². The first-order valence-electron chi connectivity index (χ1n) is 10.1. The van der Waals surface area contributed by atoms with Crippen molar-refractivity contribution < 1.29 is 23.8 Å². The molecule has 0 aliphatic rings. The molecule has 33 heavy (non-hydrogen) atoms. The Labute approximate surface area is 193 Å². The van der Waals surface area contributed by atoms with Gasteiger partial charge in [0, 0.05) is 10.3 Å². The minimum Gasteiger partial charge on any atom is -0.410 e. The summed E-state index contributed by atoms with van der Waals surface area (Å²) in [6, 6.07) is 28.4. The van der Waals surface area contributed by atoms with Gasteiger partial charge in [-0.25, -0.2) is 14.2 Å². The number of thiophene rings is 1. The molecule has 0 radical (unpaired) electrons. The molecule has 5 aromatic rings. The van der Waals surface area contributed by atoms with Gasteiger partial charge in [0.15, 0.2) is 0 Å². The van der Waals surface area contributed by atoms with Gasteiger partial charge in [-0.05, 0) is 41.8 Å². The summed E-state index contributed by atoms with van der Waals surface area (Å²) in [5, 5.41) is 2.66. The Hall–Kier alpha value is -4.36. The summed E-state index contributed by atoms with van der Waals surface area (Å²) in [5.74, 6) is 0.728. The standard InChI is InChI=1S/C26H17NO5S/c28-25(30-18-10-3-1-4-11-18)27-21-15-8-7-14-20(21)23(22-16-9-17-33-22)24(27)32-26(29)31-19-12-5-2-6-13-19/h1-17H. The fourth-order valence-electron chi connectivity index (χ4n) is 3.47. The van der Waals surface area contributed by atoms with Gasteiger partial charge >= 0.3 is 12.2 Å². The Bertz CT molecular complexity index is 1410. The zero-order chi connectivity index (χ0) is 22.6. The lowest BCUT2D eigenvalue weighted by atomic mass is 10.1. The van der Waals surface area contributed by atoms with E-state index in [-0.39, 0.29) is 5.88 Å². The highest BCUT2D eigenvalue weighted by Gasteiger charge is 2.28. The maximum absolute atomic E-state index is 13.3. The molecule has 0 spiro atoms. The van der Waals surface area contributed by atoms with Crippen LogP contribution in [0.2, 0.25) is 0 Å². The van der Waals surface area contributed by atoms with Crippen LogP contribution in [0.3, 0.4) is 0 Å². The summed E-state index contributed by atoms with van der Waals surface area (Å²) in [7, 11) is 0. The molecule has 0 fully saturated rings. The van der Waals surface area contributed by atoms with Gasteiger partial charge in [0.05, 0.1) is 11.1 Å². The monoisotopic (exact) mass is 455 g/mol. The van der Waals surface area contributed by atoms with Crippen molar-refractivity contribution in [2.45, 2.75) is 0 Å². The third kappa shape index (κ3) is 4.22. The van der Waals surface area contributed by atoms with E-state index in [2.05, 4.69) is 0 Å². The number of benzene rings is 3. The SMILES string of the molecule is O=C(Oc1ccccc1)Oc1c(-c2cccs2)c2ccccc2n1C(=O)Oc1ccccc1. The van der Waals surface area contributed by atoms with Crippen LogP contribution in [-0.4, -0.2) is 16.8 Å². The lowest BCUT2D eigenvalue weighted by Crippen LogP contribution is -2.21. The van der Waals surface area contributed by atoms with Gasteiger partial charge in [-0.15, -0.1) is 11.3 Å². The van der Waals surface area contributed by atoms with Crippen LogP contribution < -0.4 is 14.2 Å². The molecule has 0 bridgehead atoms. The maximum Gasteiger partial charge on any atom is 0.520 e. The van der Waals surface area contributed by atoms with E-state index in [1.54, 1.807) is 60.7 Å².